The van der Waals surface area contributed by atoms with Gasteiger partial charge in [-0.15, -0.1) is 0 Å². The molecule has 0 aromatic heterocycles. The molecule has 2 heteroatoms. The summed E-state index contributed by atoms with van der Waals surface area (Å²) in [4.78, 5) is 23.5. The molecule has 0 N–H and O–H groups in total. The first-order valence-electron chi connectivity index (χ1n) is 36.0. The fraction of sp³-hybridized carbons (Fsp3) is 0.973. The molecule has 15 atom stereocenters. The van der Waals surface area contributed by atoms with E-state index >= 15 is 0 Å². The van der Waals surface area contributed by atoms with E-state index in [2.05, 4.69) is 62.3 Å². The third-order valence-corrected chi connectivity index (χ3v) is 30.7. The summed E-state index contributed by atoms with van der Waals surface area (Å²) in [5.74, 6) is 24.7. The van der Waals surface area contributed by atoms with Gasteiger partial charge in [-0.2, -0.15) is 0 Å². The lowest BCUT2D eigenvalue weighted by Gasteiger charge is -2.55. The zero-order chi connectivity index (χ0) is 53.6. The Balaban J connectivity index is 0.0000000904. The zero-order valence-electron chi connectivity index (χ0n) is 52.3. The summed E-state index contributed by atoms with van der Waals surface area (Å²) >= 11 is 0. The Hall–Kier alpha value is -0.660. The van der Waals surface area contributed by atoms with E-state index in [1.165, 1.54) is 75.5 Å². The number of rotatable bonds is 2. The first kappa shape index (κ1) is 56.8. The lowest BCUT2D eigenvalue weighted by atomic mass is 9.50. The molecule has 20 aliphatic rings. The molecule has 20 rings (SSSR count). The van der Waals surface area contributed by atoms with E-state index in [-0.39, 0.29) is 5.41 Å². The Morgan fingerprint density at radius 2 is 1.01 bits per heavy atom. The van der Waals surface area contributed by atoms with Crippen LogP contribution in [0.25, 0.3) is 0 Å². The van der Waals surface area contributed by atoms with Gasteiger partial charge in [0.15, 0.2) is 0 Å². The molecule has 0 aromatic carbocycles. The molecular weight excluding hydrogens is 933 g/mol. The van der Waals surface area contributed by atoms with Crippen LogP contribution in [0.4, 0.5) is 0 Å². The van der Waals surface area contributed by atoms with Gasteiger partial charge in [0, 0.05) is 23.7 Å². The van der Waals surface area contributed by atoms with Gasteiger partial charge in [-0.3, -0.25) is 9.59 Å². The van der Waals surface area contributed by atoms with Gasteiger partial charge < -0.3 is 0 Å². The molecule has 0 aliphatic heterocycles. The highest BCUT2D eigenvalue weighted by molar-refractivity contribution is 5.89. The fourth-order valence-corrected chi connectivity index (χ4v) is 26.8. The predicted octanol–water partition coefficient (Wildman–Crippen LogP) is 21.0. The van der Waals surface area contributed by atoms with Crippen molar-refractivity contribution >= 4 is 11.6 Å². The zero-order valence-corrected chi connectivity index (χ0v) is 52.3. The van der Waals surface area contributed by atoms with Gasteiger partial charge in [0.1, 0.15) is 11.6 Å². The second-order valence-electron chi connectivity index (χ2n) is 34.8. The number of carbonyl (C=O) groups is 2. The number of carbonyl (C=O) groups excluding carboxylic acids is 2. The molecule has 0 heterocycles. The minimum absolute atomic E-state index is 0.0671. The second-order valence-corrected chi connectivity index (χ2v) is 34.8. The summed E-state index contributed by atoms with van der Waals surface area (Å²) in [6.07, 6.45) is 55.1. The molecule has 20 saturated carbocycles. The van der Waals surface area contributed by atoms with E-state index in [1.54, 1.807) is 161 Å². The highest BCUT2D eigenvalue weighted by atomic mass is 16.1. The summed E-state index contributed by atoms with van der Waals surface area (Å²) in [5.41, 5.74) is 2.01. The van der Waals surface area contributed by atoms with Crippen molar-refractivity contribution in [3.63, 3.8) is 0 Å². The van der Waals surface area contributed by atoms with Gasteiger partial charge in [0.2, 0.25) is 0 Å². The average Bonchev–Trinajstić information content (AvgIpc) is 4.45. The first-order valence-corrected chi connectivity index (χ1v) is 36.0. The van der Waals surface area contributed by atoms with Gasteiger partial charge >= 0.3 is 0 Å². The van der Waals surface area contributed by atoms with Crippen molar-refractivity contribution in [3.05, 3.63) is 0 Å². The summed E-state index contributed by atoms with van der Waals surface area (Å²) in [6.45, 7) is 21.2. The number of fused-ring (bicyclic) bond motifs is 15. The molecule has 12 unspecified atom stereocenters. The lowest BCUT2D eigenvalue weighted by molar-refractivity contribution is -0.129. The van der Waals surface area contributed by atoms with Crippen molar-refractivity contribution in [1.82, 2.24) is 0 Å². The fourth-order valence-electron chi connectivity index (χ4n) is 26.8. The lowest BCUT2D eigenvalue weighted by Crippen LogP contribution is -2.44. The molecule has 2 nitrogen and oxygen atoms in total. The van der Waals surface area contributed by atoms with Crippen LogP contribution in [0.1, 0.15) is 300 Å². The number of hydrogen-bond acceptors (Lipinski definition) is 2. The molecule has 0 saturated heterocycles. The van der Waals surface area contributed by atoms with E-state index in [9.17, 15) is 9.59 Å². The second kappa shape index (κ2) is 22.7. The smallest absolute Gasteiger partial charge is 0.139 e. The summed E-state index contributed by atoms with van der Waals surface area (Å²) in [7, 11) is 0. The van der Waals surface area contributed by atoms with Gasteiger partial charge in [0.25, 0.3) is 0 Å². The van der Waals surface area contributed by atoms with Crippen molar-refractivity contribution in [2.45, 2.75) is 300 Å². The van der Waals surface area contributed by atoms with E-state index in [1.807, 2.05) is 0 Å². The summed E-state index contributed by atoms with van der Waals surface area (Å²) < 4.78 is 0. The van der Waals surface area contributed by atoms with Crippen molar-refractivity contribution in [3.8, 4) is 0 Å². The van der Waals surface area contributed by atoms with Gasteiger partial charge in [-0.25, -0.2) is 0 Å². The Morgan fingerprint density at radius 1 is 0.429 bits per heavy atom. The van der Waals surface area contributed by atoms with Crippen LogP contribution in [0, 0.1) is 158 Å². The van der Waals surface area contributed by atoms with Crippen LogP contribution in [0.2, 0.25) is 0 Å². The Bertz CT molecular complexity index is 1950. The van der Waals surface area contributed by atoms with Crippen molar-refractivity contribution < 1.29 is 9.59 Å². The van der Waals surface area contributed by atoms with E-state index in [0.29, 0.717) is 34.7 Å². The Labute approximate surface area is 476 Å². The van der Waals surface area contributed by atoms with Crippen LogP contribution in [-0.4, -0.2) is 11.6 Å². The highest BCUT2D eigenvalue weighted by Gasteiger charge is 2.63. The number of ketones is 2. The third-order valence-electron chi connectivity index (χ3n) is 30.7. The van der Waals surface area contributed by atoms with Crippen LogP contribution in [0.3, 0.4) is 0 Å². The topological polar surface area (TPSA) is 34.1 Å². The van der Waals surface area contributed by atoms with E-state index < -0.39 is 0 Å². The maximum Gasteiger partial charge on any atom is 0.139 e. The monoisotopic (exact) mass is 1060 g/mol. The van der Waals surface area contributed by atoms with Crippen molar-refractivity contribution in [2.75, 3.05) is 0 Å². The van der Waals surface area contributed by atoms with Crippen molar-refractivity contribution in [1.29, 1.82) is 0 Å². The van der Waals surface area contributed by atoms with Crippen molar-refractivity contribution in [2.24, 2.45) is 158 Å². The Morgan fingerprint density at radius 3 is 1.53 bits per heavy atom. The molecule has 0 radical (unpaired) electrons. The summed E-state index contributed by atoms with van der Waals surface area (Å²) in [5, 5.41) is 0. The van der Waals surface area contributed by atoms with Gasteiger partial charge in [-0.1, -0.05) is 114 Å². The highest BCUT2D eigenvalue weighted by Crippen LogP contribution is 2.66. The standard InChI is InChI=1S/C11H16O.C11H18O.3C11H18.C11H20.C9H16/c1-6-9-5-10(11(6)12)8-4-2-3-7(8)9;1-4-11-6-5-8(7-9(11)12)10(11,2)3;1-11-5-8-2-9(6-11)4-10(3-8)7-11;1-7-10-3-8-2-9(5-10)6-11(7)4-8;1-7-5-8-6-11(7)10-4-2-3-9(8)10;1-9-6-7-10-4-2-3-5-11(10)8-9;1-2-9-5-3-8(7-9)4-6-9/h6-10H,2-5H2,1H3;8H,4-7H2,1-3H3;8-10H,2-7H2,1H3;2*7-11H,2-6H2,1H3;9-11H,2-8H2,1H3;8H,2-7H2,1H3/t6-,7?,8?,9?,10?;;;;7-,8?,9?,10?,11?;9-,10?,11?;/m0...11./s1. The van der Waals surface area contributed by atoms with Crippen LogP contribution in [-0.2, 0) is 9.59 Å². The van der Waals surface area contributed by atoms with Crippen LogP contribution in [0.15, 0.2) is 0 Å². The summed E-state index contributed by atoms with van der Waals surface area (Å²) in [6, 6.07) is 0. The van der Waals surface area contributed by atoms with Crippen LogP contribution in [0.5, 0.6) is 0 Å². The maximum absolute atomic E-state index is 11.8. The average molecular weight is 1060 g/mol. The van der Waals surface area contributed by atoms with Gasteiger partial charge in [0.05, 0.1) is 0 Å². The van der Waals surface area contributed by atoms with E-state index in [0.717, 1.165) is 131 Å². The Kier molecular flexibility index (Phi) is 16.8. The molecule has 16 bridgehead atoms. The molecule has 20 fully saturated rings. The SMILES string of the molecule is CC12CC3CC(CC(C3)C1)C2.CC1C2CC3CC(C2)CC1C3.CCC12CCC(CC1)C2.CCC12CCC(CC1=O)C2(C)C.C[C@@H]1C(=O)C2CC1C1CCCC21.C[C@@H]1CC2CC1C1CCCC21.C[C@@H]1CCC2CCCCC2C1. The largest absolute Gasteiger partial charge is 0.299 e. The first-order chi connectivity index (χ1) is 37.0. The molecule has 0 amide bonds. The van der Waals surface area contributed by atoms with Crippen LogP contribution < -0.4 is 0 Å². The normalized spacial score (nSPS) is 53.5. The van der Waals surface area contributed by atoms with Crippen LogP contribution >= 0.6 is 0 Å². The number of Topliss-reactive ketones (excluding diaryl/α,β-unsaturated/α-hetero) is 2. The molecule has 0 spiro atoms. The maximum atomic E-state index is 11.8. The van der Waals surface area contributed by atoms with E-state index in [4.69, 9.17) is 0 Å². The quantitative estimate of drug-likeness (QED) is 0.276. The molecule has 0 aromatic rings. The predicted molar refractivity (Wildman–Crippen MR) is 322 cm³/mol. The molecule has 77 heavy (non-hydrogen) atoms. The molecule has 436 valence electrons. The minimum atomic E-state index is 0.0671. The van der Waals surface area contributed by atoms with Gasteiger partial charge in [-0.05, 0) is 320 Å². The number of hydrogen-bond donors (Lipinski definition) is 0. The third kappa shape index (κ3) is 11.0. The molecule has 20 aliphatic carbocycles. The minimum Gasteiger partial charge on any atom is -0.299 e. The molecular formula is C75H124O2.